The highest BCUT2D eigenvalue weighted by molar-refractivity contribution is 14.1. The van der Waals surface area contributed by atoms with Crippen molar-refractivity contribution in [3.8, 4) is 0 Å². The Labute approximate surface area is 100 Å². The van der Waals surface area contributed by atoms with Crippen molar-refractivity contribution >= 4 is 38.5 Å². The fourth-order valence-corrected chi connectivity index (χ4v) is 2.52. The second kappa shape index (κ2) is 3.53. The average molecular weight is 355 g/mol. The molecule has 13 heavy (non-hydrogen) atoms. The zero-order valence-electron chi connectivity index (χ0n) is 7.56. The van der Waals surface area contributed by atoms with E-state index in [9.17, 15) is 0 Å². The third-order valence-electron chi connectivity index (χ3n) is 2.78. The minimum absolute atomic E-state index is 0.508. The van der Waals surface area contributed by atoms with Crippen LogP contribution in [0.2, 0.25) is 0 Å². The average Bonchev–Trinajstić information content (AvgIpc) is 2.28. The smallest absolute Gasteiger partial charge is 0.137 e. The van der Waals surface area contributed by atoms with Crippen LogP contribution in [0, 0.1) is 9.12 Å². The van der Waals surface area contributed by atoms with E-state index in [0.29, 0.717) is 5.41 Å². The van der Waals surface area contributed by atoms with Crippen LogP contribution in [0.1, 0.15) is 26.2 Å². The van der Waals surface area contributed by atoms with Gasteiger partial charge in [-0.3, -0.25) is 4.68 Å². The van der Waals surface area contributed by atoms with Crippen molar-refractivity contribution in [2.75, 3.05) is 0 Å². The molecule has 0 radical (unpaired) electrons. The Kier molecular flexibility index (Phi) is 2.70. The Morgan fingerprint density at radius 1 is 1.69 bits per heavy atom. The van der Waals surface area contributed by atoms with Crippen LogP contribution in [-0.4, -0.2) is 9.78 Å². The summed E-state index contributed by atoms with van der Waals surface area (Å²) in [6, 6.07) is 0. The van der Waals surface area contributed by atoms with Crippen molar-refractivity contribution < 1.29 is 0 Å². The fraction of sp³-hybridized carbons (Fsp3) is 0.667. The van der Waals surface area contributed by atoms with Crippen molar-refractivity contribution in [2.24, 2.45) is 5.41 Å². The first kappa shape index (κ1) is 9.96. The van der Waals surface area contributed by atoms with Gasteiger partial charge in [0.1, 0.15) is 3.70 Å². The molecule has 1 aliphatic carbocycles. The molecule has 0 atom stereocenters. The van der Waals surface area contributed by atoms with Gasteiger partial charge in [-0.2, -0.15) is 5.10 Å². The number of hydrogen-bond donors (Lipinski definition) is 0. The molecule has 1 fully saturated rings. The summed E-state index contributed by atoms with van der Waals surface area (Å²) in [5.41, 5.74) is 0.508. The molecule has 4 heteroatoms. The van der Waals surface area contributed by atoms with Crippen LogP contribution in [0.25, 0.3) is 0 Å². The molecule has 0 bridgehead atoms. The first-order valence-electron chi connectivity index (χ1n) is 4.48. The standard InChI is InChI=1S/C9H12BrIN2/c1-9(3-2-4-9)6-13-5-7(10)8(11)12-13/h5H,2-4,6H2,1H3. The van der Waals surface area contributed by atoms with Crippen molar-refractivity contribution in [2.45, 2.75) is 32.7 Å². The molecule has 1 aliphatic rings. The molecular weight excluding hydrogens is 343 g/mol. The van der Waals surface area contributed by atoms with Crippen LogP contribution in [0.5, 0.6) is 0 Å². The molecule has 0 amide bonds. The maximum atomic E-state index is 4.43. The van der Waals surface area contributed by atoms with Crippen LogP contribution in [-0.2, 0) is 6.54 Å². The van der Waals surface area contributed by atoms with Gasteiger partial charge in [0.25, 0.3) is 0 Å². The molecule has 2 nitrogen and oxygen atoms in total. The van der Waals surface area contributed by atoms with Crippen LogP contribution < -0.4 is 0 Å². The molecule has 2 rings (SSSR count). The van der Waals surface area contributed by atoms with Crippen LogP contribution in [0.4, 0.5) is 0 Å². The molecule has 0 N–H and O–H groups in total. The van der Waals surface area contributed by atoms with Gasteiger partial charge < -0.3 is 0 Å². The maximum absolute atomic E-state index is 4.43. The predicted molar refractivity (Wildman–Crippen MR) is 64.6 cm³/mol. The second-order valence-corrected chi connectivity index (χ2v) is 6.01. The summed E-state index contributed by atoms with van der Waals surface area (Å²) in [5.74, 6) is 0. The zero-order chi connectivity index (χ0) is 9.47. The van der Waals surface area contributed by atoms with Gasteiger partial charge in [-0.1, -0.05) is 13.3 Å². The Morgan fingerprint density at radius 2 is 2.38 bits per heavy atom. The fourth-order valence-electron chi connectivity index (χ4n) is 1.78. The van der Waals surface area contributed by atoms with Gasteiger partial charge in [0.05, 0.1) is 4.47 Å². The van der Waals surface area contributed by atoms with Crippen molar-refractivity contribution in [3.05, 3.63) is 14.4 Å². The van der Waals surface area contributed by atoms with E-state index >= 15 is 0 Å². The lowest BCUT2D eigenvalue weighted by molar-refractivity contribution is 0.126. The Hall–Kier alpha value is 0.420. The zero-order valence-corrected chi connectivity index (χ0v) is 11.3. The minimum atomic E-state index is 0.508. The van der Waals surface area contributed by atoms with Crippen molar-refractivity contribution in [1.29, 1.82) is 0 Å². The van der Waals surface area contributed by atoms with Gasteiger partial charge >= 0.3 is 0 Å². The molecule has 1 aromatic heterocycles. The molecule has 0 spiro atoms. The summed E-state index contributed by atoms with van der Waals surface area (Å²) < 4.78 is 4.22. The van der Waals surface area contributed by atoms with Gasteiger partial charge in [-0.25, -0.2) is 0 Å². The highest BCUT2D eigenvalue weighted by atomic mass is 127. The summed E-state index contributed by atoms with van der Waals surface area (Å²) in [5, 5.41) is 4.43. The third kappa shape index (κ3) is 2.09. The maximum Gasteiger partial charge on any atom is 0.137 e. The summed E-state index contributed by atoms with van der Waals surface area (Å²) in [6.07, 6.45) is 6.16. The van der Waals surface area contributed by atoms with Crippen LogP contribution in [0.15, 0.2) is 10.7 Å². The van der Waals surface area contributed by atoms with Gasteiger partial charge in [0.2, 0.25) is 0 Å². The second-order valence-electron chi connectivity index (χ2n) is 4.13. The van der Waals surface area contributed by atoms with E-state index in [1.165, 1.54) is 19.3 Å². The van der Waals surface area contributed by atoms with Crippen LogP contribution in [0.3, 0.4) is 0 Å². The normalized spacial score (nSPS) is 19.9. The largest absolute Gasteiger partial charge is 0.270 e. The monoisotopic (exact) mass is 354 g/mol. The Balaban J connectivity index is 2.09. The molecule has 1 aromatic rings. The lowest BCUT2D eigenvalue weighted by Gasteiger charge is -2.38. The van der Waals surface area contributed by atoms with E-state index in [1.807, 2.05) is 0 Å². The highest BCUT2D eigenvalue weighted by Gasteiger charge is 2.32. The molecule has 0 aromatic carbocycles. The van der Waals surface area contributed by atoms with E-state index < -0.39 is 0 Å². The van der Waals surface area contributed by atoms with Gasteiger partial charge in [-0.15, -0.1) is 0 Å². The highest BCUT2D eigenvalue weighted by Crippen LogP contribution is 2.41. The molecule has 0 saturated heterocycles. The number of halogens is 2. The van der Waals surface area contributed by atoms with E-state index in [0.717, 1.165) is 14.7 Å². The lowest BCUT2D eigenvalue weighted by Crippen LogP contribution is -2.30. The SMILES string of the molecule is CC1(Cn2cc(Br)c(I)n2)CCC1. The summed E-state index contributed by atoms with van der Waals surface area (Å²) in [4.78, 5) is 0. The quantitative estimate of drug-likeness (QED) is 0.744. The Bertz CT molecular complexity index is 298. The number of nitrogens with zero attached hydrogens (tertiary/aromatic N) is 2. The van der Waals surface area contributed by atoms with Gasteiger partial charge in [0, 0.05) is 12.7 Å². The number of aromatic nitrogens is 2. The van der Waals surface area contributed by atoms with Gasteiger partial charge in [0.15, 0.2) is 0 Å². The molecule has 0 aliphatic heterocycles. The number of hydrogen-bond acceptors (Lipinski definition) is 1. The molecule has 72 valence electrons. The first-order valence-corrected chi connectivity index (χ1v) is 6.35. The first-order chi connectivity index (χ1) is 6.09. The molecule has 1 heterocycles. The van der Waals surface area contributed by atoms with E-state index in [-0.39, 0.29) is 0 Å². The van der Waals surface area contributed by atoms with E-state index in [2.05, 4.69) is 61.4 Å². The summed E-state index contributed by atoms with van der Waals surface area (Å²) in [6.45, 7) is 3.41. The van der Waals surface area contributed by atoms with Crippen LogP contribution >= 0.6 is 38.5 Å². The summed E-state index contributed by atoms with van der Waals surface area (Å²) in [7, 11) is 0. The van der Waals surface area contributed by atoms with Crippen molar-refractivity contribution in [1.82, 2.24) is 9.78 Å². The minimum Gasteiger partial charge on any atom is -0.270 e. The van der Waals surface area contributed by atoms with Crippen molar-refractivity contribution in [3.63, 3.8) is 0 Å². The topological polar surface area (TPSA) is 17.8 Å². The van der Waals surface area contributed by atoms with E-state index in [4.69, 9.17) is 0 Å². The summed E-state index contributed by atoms with van der Waals surface area (Å²) >= 11 is 5.72. The van der Waals surface area contributed by atoms with Gasteiger partial charge in [-0.05, 0) is 56.8 Å². The predicted octanol–water partition coefficient (Wildman–Crippen LogP) is 3.44. The third-order valence-corrected chi connectivity index (χ3v) is 4.90. The van der Waals surface area contributed by atoms with E-state index in [1.54, 1.807) is 0 Å². The molecule has 1 saturated carbocycles. The molecule has 0 unspecified atom stereocenters. The lowest BCUT2D eigenvalue weighted by atomic mass is 9.70. The number of rotatable bonds is 2. The molecular formula is C9H12BrIN2. The Morgan fingerprint density at radius 3 is 2.77 bits per heavy atom.